The number of rotatable bonds is 1. The first-order valence-corrected chi connectivity index (χ1v) is 8.81. The highest BCUT2D eigenvalue weighted by molar-refractivity contribution is 8.00. The van der Waals surface area contributed by atoms with Gasteiger partial charge in [-0.15, -0.1) is 12.4 Å². The number of hydrogen-bond acceptors (Lipinski definition) is 3. The SMILES string of the molecule is CN1C(Cl)=CC(=CC2Sc3ccccc3N2C)c2ccccc21.Cl. The Labute approximate surface area is 158 Å². The third-order valence-electron chi connectivity index (χ3n) is 4.37. The summed E-state index contributed by atoms with van der Waals surface area (Å²) < 4.78 is 0. The second kappa shape index (κ2) is 6.75. The van der Waals surface area contributed by atoms with E-state index in [-0.39, 0.29) is 17.8 Å². The number of nitrogens with zero attached hydrogens (tertiary/aromatic N) is 2. The zero-order chi connectivity index (χ0) is 16.0. The summed E-state index contributed by atoms with van der Waals surface area (Å²) in [6, 6.07) is 16.9. The molecule has 0 N–H and O–H groups in total. The Balaban J connectivity index is 0.00000169. The van der Waals surface area contributed by atoms with Gasteiger partial charge in [0.15, 0.2) is 0 Å². The summed E-state index contributed by atoms with van der Waals surface area (Å²) in [7, 11) is 4.15. The molecule has 1 atom stereocenters. The van der Waals surface area contributed by atoms with Gasteiger partial charge < -0.3 is 9.80 Å². The molecule has 5 heteroatoms. The Hall–Kier alpha value is -1.55. The Bertz CT molecular complexity index is 832. The van der Waals surface area contributed by atoms with Crippen LogP contribution in [0.5, 0.6) is 0 Å². The molecule has 0 spiro atoms. The molecule has 2 aromatic carbocycles. The second-order valence-electron chi connectivity index (χ2n) is 5.75. The van der Waals surface area contributed by atoms with E-state index in [1.165, 1.54) is 21.7 Å². The van der Waals surface area contributed by atoms with Crippen LogP contribution in [0, 0.1) is 0 Å². The van der Waals surface area contributed by atoms with Gasteiger partial charge in [0.05, 0.1) is 11.1 Å². The fraction of sp³-hybridized carbons (Fsp3) is 0.158. The zero-order valence-electron chi connectivity index (χ0n) is 13.4. The van der Waals surface area contributed by atoms with Crippen molar-refractivity contribution in [3.8, 4) is 0 Å². The van der Waals surface area contributed by atoms with Gasteiger partial charge in [-0.3, -0.25) is 0 Å². The Morgan fingerprint density at radius 1 is 1.00 bits per heavy atom. The van der Waals surface area contributed by atoms with Crippen LogP contribution in [0.2, 0.25) is 0 Å². The largest absolute Gasteiger partial charge is 0.358 e. The number of halogens is 2. The Kier molecular flexibility index (Phi) is 4.86. The molecule has 0 bridgehead atoms. The molecule has 0 fully saturated rings. The molecule has 4 rings (SSSR count). The predicted octanol–water partition coefficient (Wildman–Crippen LogP) is 5.59. The van der Waals surface area contributed by atoms with Crippen LogP contribution in [-0.4, -0.2) is 19.5 Å². The number of thioether (sulfide) groups is 1. The van der Waals surface area contributed by atoms with E-state index in [1.807, 2.05) is 23.7 Å². The van der Waals surface area contributed by atoms with Crippen molar-refractivity contribution in [1.82, 2.24) is 0 Å². The van der Waals surface area contributed by atoms with E-state index in [0.29, 0.717) is 0 Å². The number of benzene rings is 2. The van der Waals surface area contributed by atoms with Gasteiger partial charge in [-0.05, 0) is 35.9 Å². The lowest BCUT2D eigenvalue weighted by atomic mass is 10.00. The molecule has 0 radical (unpaired) electrons. The molecule has 0 saturated carbocycles. The predicted molar refractivity (Wildman–Crippen MR) is 108 cm³/mol. The van der Waals surface area contributed by atoms with Crippen molar-refractivity contribution in [1.29, 1.82) is 0 Å². The van der Waals surface area contributed by atoms with E-state index < -0.39 is 0 Å². The lowest BCUT2D eigenvalue weighted by Crippen LogP contribution is -2.23. The van der Waals surface area contributed by atoms with Gasteiger partial charge >= 0.3 is 0 Å². The average Bonchev–Trinajstić information content (AvgIpc) is 2.89. The van der Waals surface area contributed by atoms with Gasteiger partial charge in [-0.2, -0.15) is 0 Å². The van der Waals surface area contributed by atoms with Crippen molar-refractivity contribution in [2.45, 2.75) is 10.3 Å². The van der Waals surface area contributed by atoms with Crippen molar-refractivity contribution in [2.75, 3.05) is 23.9 Å². The number of anilines is 2. The monoisotopic (exact) mass is 376 g/mol. The summed E-state index contributed by atoms with van der Waals surface area (Å²) in [4.78, 5) is 5.66. The van der Waals surface area contributed by atoms with Gasteiger partial charge in [-0.25, -0.2) is 0 Å². The molecule has 0 amide bonds. The van der Waals surface area contributed by atoms with E-state index in [1.54, 1.807) is 0 Å². The summed E-state index contributed by atoms with van der Waals surface area (Å²) >= 11 is 8.30. The van der Waals surface area contributed by atoms with Crippen LogP contribution in [0.15, 0.2) is 70.7 Å². The fourth-order valence-electron chi connectivity index (χ4n) is 3.06. The summed E-state index contributed by atoms with van der Waals surface area (Å²) in [5.41, 5.74) is 4.84. The van der Waals surface area contributed by atoms with E-state index in [2.05, 4.69) is 72.6 Å². The lowest BCUT2D eigenvalue weighted by molar-refractivity contribution is 0.991. The molecule has 2 nitrogen and oxygen atoms in total. The summed E-state index contributed by atoms with van der Waals surface area (Å²) in [5.74, 6) is 0. The molecule has 0 saturated heterocycles. The van der Waals surface area contributed by atoms with Crippen LogP contribution in [0.4, 0.5) is 11.4 Å². The summed E-state index contributed by atoms with van der Waals surface area (Å²) in [6.45, 7) is 0. The van der Waals surface area contributed by atoms with Gasteiger partial charge in [0.2, 0.25) is 0 Å². The zero-order valence-corrected chi connectivity index (χ0v) is 15.8. The number of hydrogen-bond donors (Lipinski definition) is 0. The summed E-state index contributed by atoms with van der Waals surface area (Å²) in [5, 5.41) is 1.03. The van der Waals surface area contributed by atoms with Crippen LogP contribution in [-0.2, 0) is 0 Å². The van der Waals surface area contributed by atoms with Crippen LogP contribution in [0.25, 0.3) is 5.57 Å². The molecule has 2 heterocycles. The normalized spacial score (nSPS) is 20.4. The second-order valence-corrected chi connectivity index (χ2v) is 7.30. The van der Waals surface area contributed by atoms with Gasteiger partial charge in [0, 0.05) is 30.2 Å². The number of para-hydroxylation sites is 2. The van der Waals surface area contributed by atoms with Crippen LogP contribution >= 0.6 is 35.8 Å². The standard InChI is InChI=1S/C19H17ClN2S.ClH/c1-21-15-8-4-3-7-14(15)13(11-18(21)20)12-19-22(2)16-9-5-6-10-17(16)23-19;/h3-12,19H,1-2H3;1H. The lowest BCUT2D eigenvalue weighted by Gasteiger charge is -2.28. The van der Waals surface area contributed by atoms with Crippen molar-refractivity contribution in [3.63, 3.8) is 0 Å². The molecule has 2 aliphatic rings. The van der Waals surface area contributed by atoms with E-state index in [4.69, 9.17) is 11.6 Å². The first kappa shape index (κ1) is 17.3. The maximum atomic E-state index is 6.43. The minimum atomic E-state index is 0. The first-order valence-electron chi connectivity index (χ1n) is 7.56. The minimum Gasteiger partial charge on any atom is -0.358 e. The molecular formula is C19H18Cl2N2S. The molecule has 124 valence electrons. The fourth-order valence-corrected chi connectivity index (χ4v) is 4.50. The Morgan fingerprint density at radius 2 is 1.67 bits per heavy atom. The van der Waals surface area contributed by atoms with Crippen molar-refractivity contribution < 1.29 is 0 Å². The Morgan fingerprint density at radius 3 is 2.42 bits per heavy atom. The van der Waals surface area contributed by atoms with Gasteiger partial charge in [-0.1, -0.05) is 53.7 Å². The number of allylic oxidation sites excluding steroid dienone is 2. The molecule has 2 aromatic rings. The van der Waals surface area contributed by atoms with Crippen LogP contribution in [0.3, 0.4) is 0 Å². The molecule has 24 heavy (non-hydrogen) atoms. The van der Waals surface area contributed by atoms with E-state index in [9.17, 15) is 0 Å². The minimum absolute atomic E-state index is 0. The number of fused-ring (bicyclic) bond motifs is 2. The van der Waals surface area contributed by atoms with Gasteiger partial charge in [0.1, 0.15) is 5.16 Å². The molecule has 0 aromatic heterocycles. The van der Waals surface area contributed by atoms with Crippen molar-refractivity contribution >= 4 is 52.7 Å². The average molecular weight is 377 g/mol. The van der Waals surface area contributed by atoms with Crippen LogP contribution in [0.1, 0.15) is 5.56 Å². The van der Waals surface area contributed by atoms with E-state index in [0.717, 1.165) is 10.8 Å². The first-order chi connectivity index (χ1) is 11.1. The van der Waals surface area contributed by atoms with Crippen LogP contribution < -0.4 is 9.80 Å². The third kappa shape index (κ3) is 2.81. The number of likely N-dealkylation sites (N-methyl/N-ethyl adjacent to an activating group) is 1. The quantitative estimate of drug-likeness (QED) is 0.598. The smallest absolute Gasteiger partial charge is 0.109 e. The maximum Gasteiger partial charge on any atom is 0.109 e. The van der Waals surface area contributed by atoms with E-state index >= 15 is 0 Å². The molecular weight excluding hydrogens is 359 g/mol. The highest BCUT2D eigenvalue weighted by atomic mass is 35.5. The molecule has 0 aliphatic carbocycles. The highest BCUT2D eigenvalue weighted by Gasteiger charge is 2.27. The molecule has 1 unspecified atom stereocenters. The highest BCUT2D eigenvalue weighted by Crippen LogP contribution is 2.45. The maximum absolute atomic E-state index is 6.43. The van der Waals surface area contributed by atoms with Gasteiger partial charge in [0.25, 0.3) is 0 Å². The van der Waals surface area contributed by atoms with Crippen molar-refractivity contribution in [3.05, 3.63) is 71.4 Å². The third-order valence-corrected chi connectivity index (χ3v) is 6.02. The summed E-state index contributed by atoms with van der Waals surface area (Å²) in [6.07, 6.45) is 4.36. The van der Waals surface area contributed by atoms with Crippen molar-refractivity contribution in [2.24, 2.45) is 0 Å². The topological polar surface area (TPSA) is 6.48 Å². The molecule has 2 aliphatic heterocycles.